The van der Waals surface area contributed by atoms with Crippen LogP contribution >= 0.6 is 0 Å². The first-order chi connectivity index (χ1) is 7.16. The highest BCUT2D eigenvalue weighted by atomic mass is 19.1. The third-order valence-corrected chi connectivity index (χ3v) is 2.46. The van der Waals surface area contributed by atoms with E-state index in [2.05, 4.69) is 4.98 Å². The van der Waals surface area contributed by atoms with Gasteiger partial charge in [0, 0.05) is 19.2 Å². The number of hydrogen-bond acceptors (Lipinski definition) is 4. The van der Waals surface area contributed by atoms with Crippen molar-refractivity contribution >= 4 is 11.4 Å². The number of nitrogen functional groups attached to an aromatic ring is 1. The van der Waals surface area contributed by atoms with Gasteiger partial charge in [0.1, 0.15) is 0 Å². The van der Waals surface area contributed by atoms with Crippen molar-refractivity contribution in [3.63, 3.8) is 0 Å². The molecule has 0 bridgehead atoms. The van der Waals surface area contributed by atoms with Gasteiger partial charge in [0.05, 0.1) is 30.3 Å². The van der Waals surface area contributed by atoms with E-state index < -0.39 is 5.95 Å². The van der Waals surface area contributed by atoms with Crippen LogP contribution in [0.15, 0.2) is 12.3 Å². The third kappa shape index (κ3) is 2.18. The zero-order chi connectivity index (χ0) is 10.8. The molecule has 4 nitrogen and oxygen atoms in total. The molecule has 1 atom stereocenters. The minimum atomic E-state index is -0.502. The molecule has 1 aliphatic heterocycles. The molecule has 82 valence electrons. The number of morpholine rings is 1. The molecule has 0 radical (unpaired) electrons. The lowest BCUT2D eigenvalue weighted by atomic mass is 10.2. The average molecular weight is 211 g/mol. The number of anilines is 2. The summed E-state index contributed by atoms with van der Waals surface area (Å²) in [5.41, 5.74) is 6.97. The van der Waals surface area contributed by atoms with Gasteiger partial charge in [-0.3, -0.25) is 0 Å². The number of nitrogens with two attached hydrogens (primary N) is 1. The Kier molecular flexibility index (Phi) is 2.73. The molecule has 0 aliphatic carbocycles. The molecule has 2 rings (SSSR count). The van der Waals surface area contributed by atoms with E-state index >= 15 is 0 Å². The summed E-state index contributed by atoms with van der Waals surface area (Å²) in [6.07, 6.45) is 1.50. The SMILES string of the molecule is C[C@@H]1CN(c2cc(F)ncc2N)CCO1. The predicted octanol–water partition coefficient (Wildman–Crippen LogP) is 1.03. The van der Waals surface area contributed by atoms with E-state index in [1.165, 1.54) is 12.3 Å². The first-order valence-electron chi connectivity index (χ1n) is 4.94. The van der Waals surface area contributed by atoms with Crippen LogP contribution < -0.4 is 10.6 Å². The van der Waals surface area contributed by atoms with E-state index in [9.17, 15) is 4.39 Å². The Morgan fingerprint density at radius 1 is 1.67 bits per heavy atom. The highest BCUT2D eigenvalue weighted by Gasteiger charge is 2.19. The van der Waals surface area contributed by atoms with Crippen LogP contribution in [0, 0.1) is 5.95 Å². The first-order valence-corrected chi connectivity index (χ1v) is 4.94. The van der Waals surface area contributed by atoms with Crippen molar-refractivity contribution in [2.45, 2.75) is 13.0 Å². The van der Waals surface area contributed by atoms with Crippen molar-refractivity contribution in [2.75, 3.05) is 30.3 Å². The molecule has 1 aromatic rings. The van der Waals surface area contributed by atoms with Gasteiger partial charge in [0.25, 0.3) is 0 Å². The zero-order valence-electron chi connectivity index (χ0n) is 8.61. The Balaban J connectivity index is 2.24. The van der Waals surface area contributed by atoms with Crippen LogP contribution in [-0.4, -0.2) is 30.8 Å². The van der Waals surface area contributed by atoms with Crippen molar-refractivity contribution in [1.82, 2.24) is 4.98 Å². The fourth-order valence-corrected chi connectivity index (χ4v) is 1.74. The summed E-state index contributed by atoms with van der Waals surface area (Å²) < 4.78 is 18.4. The zero-order valence-corrected chi connectivity index (χ0v) is 8.61. The van der Waals surface area contributed by atoms with E-state index in [0.29, 0.717) is 18.0 Å². The molecule has 1 saturated heterocycles. The van der Waals surface area contributed by atoms with Gasteiger partial charge in [-0.25, -0.2) is 4.98 Å². The normalized spacial score (nSPS) is 21.7. The molecule has 5 heteroatoms. The molecule has 15 heavy (non-hydrogen) atoms. The van der Waals surface area contributed by atoms with Crippen molar-refractivity contribution in [3.8, 4) is 0 Å². The molecule has 0 spiro atoms. The summed E-state index contributed by atoms with van der Waals surface area (Å²) in [5, 5.41) is 0. The summed E-state index contributed by atoms with van der Waals surface area (Å²) in [4.78, 5) is 5.53. The Morgan fingerprint density at radius 3 is 3.20 bits per heavy atom. The highest BCUT2D eigenvalue weighted by Crippen LogP contribution is 2.24. The minimum absolute atomic E-state index is 0.148. The van der Waals surface area contributed by atoms with Crippen molar-refractivity contribution in [2.24, 2.45) is 0 Å². The predicted molar refractivity (Wildman–Crippen MR) is 56.2 cm³/mol. The molecule has 0 saturated carbocycles. The standard InChI is InChI=1S/C10H14FN3O/c1-7-6-14(2-3-15-7)9-4-10(11)13-5-8(9)12/h4-5,7H,2-3,6,12H2,1H3/t7-/m1/s1. The van der Waals surface area contributed by atoms with E-state index in [0.717, 1.165) is 13.1 Å². The smallest absolute Gasteiger partial charge is 0.215 e. The van der Waals surface area contributed by atoms with Gasteiger partial charge >= 0.3 is 0 Å². The van der Waals surface area contributed by atoms with Gasteiger partial charge in [-0.1, -0.05) is 0 Å². The maximum absolute atomic E-state index is 13.0. The van der Waals surface area contributed by atoms with Crippen LogP contribution in [0.1, 0.15) is 6.92 Å². The van der Waals surface area contributed by atoms with Crippen molar-refractivity contribution in [1.29, 1.82) is 0 Å². The molecule has 0 aromatic carbocycles. The summed E-state index contributed by atoms with van der Waals surface area (Å²) >= 11 is 0. The van der Waals surface area contributed by atoms with Gasteiger partial charge in [-0.2, -0.15) is 4.39 Å². The molecule has 1 aromatic heterocycles. The molecule has 1 fully saturated rings. The minimum Gasteiger partial charge on any atom is -0.396 e. The number of halogens is 1. The highest BCUT2D eigenvalue weighted by molar-refractivity contribution is 5.66. The Hall–Kier alpha value is -1.36. The molecular weight excluding hydrogens is 197 g/mol. The number of pyridine rings is 1. The molecule has 1 aliphatic rings. The van der Waals surface area contributed by atoms with Gasteiger partial charge < -0.3 is 15.4 Å². The maximum atomic E-state index is 13.0. The molecule has 2 heterocycles. The van der Waals surface area contributed by atoms with E-state index in [-0.39, 0.29) is 6.10 Å². The summed E-state index contributed by atoms with van der Waals surface area (Å²) in [5.74, 6) is -0.502. The molecular formula is C10H14FN3O. The fraction of sp³-hybridized carbons (Fsp3) is 0.500. The van der Waals surface area contributed by atoms with Crippen LogP contribution in [0.4, 0.5) is 15.8 Å². The maximum Gasteiger partial charge on any atom is 0.215 e. The monoisotopic (exact) mass is 211 g/mol. The van der Waals surface area contributed by atoms with E-state index in [1.807, 2.05) is 11.8 Å². The topological polar surface area (TPSA) is 51.4 Å². The summed E-state index contributed by atoms with van der Waals surface area (Å²) in [7, 11) is 0. The summed E-state index contributed by atoms with van der Waals surface area (Å²) in [6.45, 7) is 4.09. The van der Waals surface area contributed by atoms with Crippen LogP contribution in [-0.2, 0) is 4.74 Å². The fourth-order valence-electron chi connectivity index (χ4n) is 1.74. The average Bonchev–Trinajstić information content (AvgIpc) is 2.22. The van der Waals surface area contributed by atoms with Crippen LogP contribution in [0.3, 0.4) is 0 Å². The second-order valence-electron chi connectivity index (χ2n) is 3.69. The molecule has 2 N–H and O–H groups in total. The number of aromatic nitrogens is 1. The Labute approximate surface area is 87.8 Å². The number of rotatable bonds is 1. The van der Waals surface area contributed by atoms with Gasteiger partial charge in [0.2, 0.25) is 5.95 Å². The lowest BCUT2D eigenvalue weighted by Crippen LogP contribution is -2.41. The van der Waals surface area contributed by atoms with Crippen LogP contribution in [0.25, 0.3) is 0 Å². The lowest BCUT2D eigenvalue weighted by Gasteiger charge is -2.33. The largest absolute Gasteiger partial charge is 0.396 e. The molecule has 0 amide bonds. The molecule has 0 unspecified atom stereocenters. The van der Waals surface area contributed by atoms with Gasteiger partial charge in [-0.05, 0) is 6.92 Å². The summed E-state index contributed by atoms with van der Waals surface area (Å²) in [6, 6.07) is 1.37. The third-order valence-electron chi connectivity index (χ3n) is 2.46. The lowest BCUT2D eigenvalue weighted by molar-refractivity contribution is 0.0532. The Morgan fingerprint density at radius 2 is 2.47 bits per heavy atom. The number of nitrogens with zero attached hydrogens (tertiary/aromatic N) is 2. The second-order valence-corrected chi connectivity index (χ2v) is 3.69. The van der Waals surface area contributed by atoms with E-state index in [4.69, 9.17) is 10.5 Å². The number of hydrogen-bond donors (Lipinski definition) is 1. The quantitative estimate of drug-likeness (QED) is 0.705. The van der Waals surface area contributed by atoms with Gasteiger partial charge in [0.15, 0.2) is 0 Å². The van der Waals surface area contributed by atoms with E-state index in [1.54, 1.807) is 0 Å². The van der Waals surface area contributed by atoms with Crippen LogP contribution in [0.5, 0.6) is 0 Å². The van der Waals surface area contributed by atoms with Crippen LogP contribution in [0.2, 0.25) is 0 Å². The van der Waals surface area contributed by atoms with Crippen molar-refractivity contribution < 1.29 is 9.13 Å². The Bertz CT molecular complexity index is 359. The first kappa shape index (κ1) is 10.2. The van der Waals surface area contributed by atoms with Gasteiger partial charge in [-0.15, -0.1) is 0 Å². The second kappa shape index (κ2) is 4.02. The number of ether oxygens (including phenoxy) is 1. The van der Waals surface area contributed by atoms with Crippen molar-refractivity contribution in [3.05, 3.63) is 18.2 Å².